The van der Waals surface area contributed by atoms with Crippen LogP contribution in [0.2, 0.25) is 0 Å². The van der Waals surface area contributed by atoms with Gasteiger partial charge in [-0.2, -0.15) is 0 Å². The molecule has 2 atom stereocenters. The molecule has 0 saturated heterocycles. The van der Waals surface area contributed by atoms with Crippen LogP contribution in [0.4, 0.5) is 4.39 Å². The SMILES string of the molecule is COCCNCC1CC1(C)c1ccc(C)c(F)c1. The molecule has 2 rings (SSSR count). The van der Waals surface area contributed by atoms with Gasteiger partial charge in [-0.3, -0.25) is 0 Å². The molecule has 1 N–H and O–H groups in total. The van der Waals surface area contributed by atoms with Crippen LogP contribution in [-0.4, -0.2) is 26.8 Å². The Balaban J connectivity index is 1.91. The second-order valence-electron chi connectivity index (χ2n) is 5.48. The minimum absolute atomic E-state index is 0.0910. The Morgan fingerprint density at radius 2 is 2.28 bits per heavy atom. The van der Waals surface area contributed by atoms with E-state index in [-0.39, 0.29) is 11.2 Å². The average Bonchev–Trinajstić information content (AvgIpc) is 3.01. The van der Waals surface area contributed by atoms with Gasteiger partial charge >= 0.3 is 0 Å². The zero-order chi connectivity index (χ0) is 13.2. The van der Waals surface area contributed by atoms with Crippen LogP contribution in [0.5, 0.6) is 0 Å². The maximum absolute atomic E-state index is 13.6. The summed E-state index contributed by atoms with van der Waals surface area (Å²) in [5, 5.41) is 3.38. The van der Waals surface area contributed by atoms with Crippen molar-refractivity contribution in [2.24, 2.45) is 5.92 Å². The second-order valence-corrected chi connectivity index (χ2v) is 5.48. The van der Waals surface area contributed by atoms with Crippen LogP contribution in [0.1, 0.15) is 24.5 Å². The van der Waals surface area contributed by atoms with Crippen LogP contribution in [0.15, 0.2) is 18.2 Å². The van der Waals surface area contributed by atoms with E-state index in [2.05, 4.69) is 18.3 Å². The van der Waals surface area contributed by atoms with Gasteiger partial charge in [0.2, 0.25) is 0 Å². The lowest BCUT2D eigenvalue weighted by atomic mass is 9.94. The highest BCUT2D eigenvalue weighted by Gasteiger charge is 2.50. The molecule has 0 aliphatic heterocycles. The number of aryl methyl sites for hydroxylation is 1. The summed E-state index contributed by atoms with van der Waals surface area (Å²) >= 11 is 0. The fraction of sp³-hybridized carbons (Fsp3) is 0.600. The number of hydrogen-bond donors (Lipinski definition) is 1. The predicted molar refractivity (Wildman–Crippen MR) is 71.3 cm³/mol. The molecule has 2 unspecified atom stereocenters. The highest BCUT2D eigenvalue weighted by atomic mass is 19.1. The molecule has 0 spiro atoms. The Morgan fingerprint density at radius 1 is 1.50 bits per heavy atom. The van der Waals surface area contributed by atoms with E-state index in [0.29, 0.717) is 5.92 Å². The van der Waals surface area contributed by atoms with Crippen molar-refractivity contribution in [2.75, 3.05) is 26.8 Å². The Kier molecular flexibility index (Phi) is 4.03. The first-order chi connectivity index (χ1) is 8.58. The molecule has 1 aliphatic carbocycles. The van der Waals surface area contributed by atoms with Crippen LogP contribution in [-0.2, 0) is 10.2 Å². The molecule has 0 radical (unpaired) electrons. The van der Waals surface area contributed by atoms with Crippen molar-refractivity contribution < 1.29 is 9.13 Å². The summed E-state index contributed by atoms with van der Waals surface area (Å²) < 4.78 is 18.6. The molecule has 18 heavy (non-hydrogen) atoms. The first-order valence-corrected chi connectivity index (χ1v) is 6.54. The summed E-state index contributed by atoms with van der Waals surface area (Å²) in [7, 11) is 1.71. The van der Waals surface area contributed by atoms with Crippen molar-refractivity contribution in [3.8, 4) is 0 Å². The summed E-state index contributed by atoms with van der Waals surface area (Å²) in [6.45, 7) is 6.63. The minimum atomic E-state index is -0.0910. The predicted octanol–water partition coefficient (Wildman–Crippen LogP) is 2.65. The van der Waals surface area contributed by atoms with E-state index in [1.807, 2.05) is 6.07 Å². The van der Waals surface area contributed by atoms with Gasteiger partial charge in [-0.05, 0) is 48.4 Å². The molecular weight excluding hydrogens is 229 g/mol. The summed E-state index contributed by atoms with van der Waals surface area (Å²) in [6, 6.07) is 5.64. The van der Waals surface area contributed by atoms with Crippen molar-refractivity contribution >= 4 is 0 Å². The van der Waals surface area contributed by atoms with Gasteiger partial charge in [-0.1, -0.05) is 19.1 Å². The van der Waals surface area contributed by atoms with Gasteiger partial charge in [0.15, 0.2) is 0 Å². The highest BCUT2D eigenvalue weighted by Crippen LogP contribution is 2.53. The first kappa shape index (κ1) is 13.5. The van der Waals surface area contributed by atoms with Crippen molar-refractivity contribution in [3.63, 3.8) is 0 Å². The normalized spacial score (nSPS) is 26.3. The number of benzene rings is 1. The summed E-state index contributed by atoms with van der Waals surface area (Å²) in [6.07, 6.45) is 1.13. The Bertz CT molecular complexity index is 421. The third kappa shape index (κ3) is 2.73. The largest absolute Gasteiger partial charge is 0.383 e. The summed E-state index contributed by atoms with van der Waals surface area (Å²) in [5.41, 5.74) is 2.00. The maximum atomic E-state index is 13.6. The lowest BCUT2D eigenvalue weighted by Crippen LogP contribution is -2.24. The average molecular weight is 251 g/mol. The lowest BCUT2D eigenvalue weighted by Gasteiger charge is -2.13. The molecular formula is C15H22FNO. The fourth-order valence-electron chi connectivity index (χ4n) is 2.50. The molecule has 1 aliphatic rings. The first-order valence-electron chi connectivity index (χ1n) is 6.54. The molecule has 0 amide bonds. The van der Waals surface area contributed by atoms with E-state index in [1.54, 1.807) is 20.1 Å². The zero-order valence-electron chi connectivity index (χ0n) is 11.4. The molecule has 1 aromatic rings. The van der Waals surface area contributed by atoms with Crippen LogP contribution in [0.3, 0.4) is 0 Å². The quantitative estimate of drug-likeness (QED) is 0.785. The number of hydrogen-bond acceptors (Lipinski definition) is 2. The molecule has 1 aromatic carbocycles. The molecule has 0 aromatic heterocycles. The molecule has 1 saturated carbocycles. The number of rotatable bonds is 6. The van der Waals surface area contributed by atoms with Gasteiger partial charge in [0.25, 0.3) is 0 Å². The van der Waals surface area contributed by atoms with E-state index in [4.69, 9.17) is 4.74 Å². The topological polar surface area (TPSA) is 21.3 Å². The van der Waals surface area contributed by atoms with Crippen molar-refractivity contribution in [1.82, 2.24) is 5.32 Å². The van der Waals surface area contributed by atoms with Gasteiger partial charge in [0.05, 0.1) is 6.61 Å². The molecule has 3 heteroatoms. The smallest absolute Gasteiger partial charge is 0.126 e. The van der Waals surface area contributed by atoms with E-state index < -0.39 is 0 Å². The third-order valence-corrected chi connectivity index (χ3v) is 4.12. The number of halogens is 1. The molecule has 100 valence electrons. The van der Waals surface area contributed by atoms with Crippen molar-refractivity contribution in [1.29, 1.82) is 0 Å². The Labute approximate surface area is 109 Å². The van der Waals surface area contributed by atoms with E-state index in [9.17, 15) is 4.39 Å². The number of nitrogens with one attached hydrogen (secondary N) is 1. The second kappa shape index (κ2) is 5.37. The standard InChI is InChI=1S/C15H22FNO/c1-11-4-5-12(8-14(11)16)15(2)9-13(15)10-17-6-7-18-3/h4-5,8,13,17H,6-7,9-10H2,1-3H3. The van der Waals surface area contributed by atoms with Crippen LogP contribution in [0.25, 0.3) is 0 Å². The van der Waals surface area contributed by atoms with E-state index in [0.717, 1.165) is 37.2 Å². The molecule has 1 fully saturated rings. The Morgan fingerprint density at radius 3 is 2.94 bits per heavy atom. The van der Waals surface area contributed by atoms with Gasteiger partial charge in [-0.15, -0.1) is 0 Å². The lowest BCUT2D eigenvalue weighted by molar-refractivity contribution is 0.199. The minimum Gasteiger partial charge on any atom is -0.383 e. The molecule has 2 nitrogen and oxygen atoms in total. The van der Waals surface area contributed by atoms with Crippen LogP contribution in [0, 0.1) is 18.7 Å². The molecule has 0 bridgehead atoms. The molecule has 0 heterocycles. The van der Waals surface area contributed by atoms with Crippen molar-refractivity contribution in [3.05, 3.63) is 35.1 Å². The van der Waals surface area contributed by atoms with E-state index >= 15 is 0 Å². The van der Waals surface area contributed by atoms with E-state index in [1.165, 1.54) is 0 Å². The zero-order valence-corrected chi connectivity index (χ0v) is 11.4. The van der Waals surface area contributed by atoms with Gasteiger partial charge in [0.1, 0.15) is 5.82 Å². The van der Waals surface area contributed by atoms with Gasteiger partial charge < -0.3 is 10.1 Å². The van der Waals surface area contributed by atoms with Gasteiger partial charge in [0, 0.05) is 13.7 Å². The number of methoxy groups -OCH3 is 1. The number of ether oxygens (including phenoxy) is 1. The van der Waals surface area contributed by atoms with Crippen molar-refractivity contribution in [2.45, 2.75) is 25.7 Å². The monoisotopic (exact) mass is 251 g/mol. The maximum Gasteiger partial charge on any atom is 0.126 e. The third-order valence-electron chi connectivity index (χ3n) is 4.12. The van der Waals surface area contributed by atoms with Crippen LogP contribution >= 0.6 is 0 Å². The Hall–Kier alpha value is -0.930. The highest BCUT2D eigenvalue weighted by molar-refractivity contribution is 5.35. The van der Waals surface area contributed by atoms with Crippen LogP contribution < -0.4 is 5.32 Å². The van der Waals surface area contributed by atoms with Gasteiger partial charge in [-0.25, -0.2) is 4.39 Å². The summed E-state index contributed by atoms with van der Waals surface area (Å²) in [5.74, 6) is 0.517. The summed E-state index contributed by atoms with van der Waals surface area (Å²) in [4.78, 5) is 0. The fourth-order valence-corrected chi connectivity index (χ4v) is 2.50.